The molecule has 0 fully saturated rings. The molecule has 0 amide bonds. The summed E-state index contributed by atoms with van der Waals surface area (Å²) in [6, 6.07) is 55.0. The van der Waals surface area contributed by atoms with Crippen LogP contribution in [0, 0.1) is 23.7 Å². The molecule has 3 aromatic heterocycles. The second-order valence-corrected chi connectivity index (χ2v) is 13.0. The summed E-state index contributed by atoms with van der Waals surface area (Å²) in [5.41, 5.74) is 12.1. The highest BCUT2D eigenvalue weighted by Gasteiger charge is 2.13. The van der Waals surface area contributed by atoms with Crippen molar-refractivity contribution < 1.29 is 0 Å². The van der Waals surface area contributed by atoms with Gasteiger partial charge in [0.1, 0.15) is 11.0 Å². The molecular weight excluding hydrogens is 641 g/mol. The molecular formula is C46H26N4S. The first-order chi connectivity index (χ1) is 25.3. The Labute approximate surface area is 298 Å². The van der Waals surface area contributed by atoms with Crippen molar-refractivity contribution in [2.75, 3.05) is 0 Å². The van der Waals surface area contributed by atoms with Crippen LogP contribution in [0.3, 0.4) is 0 Å². The van der Waals surface area contributed by atoms with Crippen molar-refractivity contribution in [3.05, 3.63) is 180 Å². The zero-order valence-corrected chi connectivity index (χ0v) is 28.0. The second kappa shape index (κ2) is 11.9. The predicted octanol–water partition coefficient (Wildman–Crippen LogP) is 10.7. The lowest BCUT2D eigenvalue weighted by Gasteiger charge is -2.07. The average Bonchev–Trinajstić information content (AvgIpc) is 3.91. The minimum atomic E-state index is 0.780. The third-order valence-electron chi connectivity index (χ3n) is 9.51. The van der Waals surface area contributed by atoms with Crippen molar-refractivity contribution in [2.45, 2.75) is 0 Å². The van der Waals surface area contributed by atoms with E-state index in [1.54, 1.807) is 0 Å². The lowest BCUT2D eigenvalue weighted by molar-refractivity contribution is 1.18. The number of para-hydroxylation sites is 4. The fourth-order valence-corrected chi connectivity index (χ4v) is 7.71. The zero-order chi connectivity index (χ0) is 33.7. The molecule has 0 atom stereocenters. The minimum Gasteiger partial charge on any atom is -0.309 e. The first kappa shape index (κ1) is 29.0. The first-order valence-electron chi connectivity index (χ1n) is 16.8. The summed E-state index contributed by atoms with van der Waals surface area (Å²) in [4.78, 5) is 0. The SMILES string of the molecule is C(#Cc1ccc(C#Cc2ccc(-n3c4ccccc4c4ccccc43)cc2)c2nsnc12)c1ccc(-n2c3ccccc3c3ccccc32)cc1. The van der Waals surface area contributed by atoms with Crippen molar-refractivity contribution >= 4 is 66.4 Å². The Morgan fingerprint density at radius 3 is 1.04 bits per heavy atom. The molecule has 0 spiro atoms. The number of benzene rings is 7. The van der Waals surface area contributed by atoms with Crippen LogP contribution in [0.1, 0.15) is 22.3 Å². The van der Waals surface area contributed by atoms with Crippen LogP contribution in [0.2, 0.25) is 0 Å². The maximum absolute atomic E-state index is 4.60. The highest BCUT2D eigenvalue weighted by atomic mass is 32.1. The molecule has 3 heterocycles. The molecule has 10 rings (SSSR count). The van der Waals surface area contributed by atoms with E-state index in [1.165, 1.54) is 55.3 Å². The lowest BCUT2D eigenvalue weighted by Crippen LogP contribution is -1.93. The van der Waals surface area contributed by atoms with Crippen molar-refractivity contribution in [3.8, 4) is 35.1 Å². The molecule has 0 N–H and O–H groups in total. The summed E-state index contributed by atoms with van der Waals surface area (Å²) >= 11 is 1.19. The van der Waals surface area contributed by atoms with E-state index in [0.717, 1.165) is 44.7 Å². The third kappa shape index (κ3) is 4.88. The average molecular weight is 667 g/mol. The van der Waals surface area contributed by atoms with E-state index in [1.807, 2.05) is 12.1 Å². The Kier molecular flexibility index (Phi) is 6.77. The van der Waals surface area contributed by atoms with E-state index in [9.17, 15) is 0 Å². The van der Waals surface area contributed by atoms with Crippen LogP contribution in [-0.4, -0.2) is 17.9 Å². The molecule has 0 bridgehead atoms. The van der Waals surface area contributed by atoms with Gasteiger partial charge in [0.2, 0.25) is 0 Å². The van der Waals surface area contributed by atoms with Gasteiger partial charge in [-0.2, -0.15) is 8.75 Å². The van der Waals surface area contributed by atoms with Gasteiger partial charge in [0.25, 0.3) is 0 Å². The summed E-state index contributed by atoms with van der Waals surface area (Å²) < 4.78 is 13.8. The van der Waals surface area contributed by atoms with Crippen molar-refractivity contribution in [1.29, 1.82) is 0 Å². The van der Waals surface area contributed by atoms with Crippen LogP contribution < -0.4 is 0 Å². The Morgan fingerprint density at radius 1 is 0.353 bits per heavy atom. The summed E-state index contributed by atoms with van der Waals surface area (Å²) in [7, 11) is 0. The Hall–Kier alpha value is -6.92. The van der Waals surface area contributed by atoms with Gasteiger partial charge >= 0.3 is 0 Å². The largest absolute Gasteiger partial charge is 0.309 e. The summed E-state index contributed by atoms with van der Waals surface area (Å²) in [5.74, 6) is 13.4. The van der Waals surface area contributed by atoms with E-state index >= 15 is 0 Å². The number of hydrogen-bond donors (Lipinski definition) is 0. The fraction of sp³-hybridized carbons (Fsp3) is 0. The standard InChI is InChI=1S/C46H26N4S/c1-5-13-41-37(9-1)38-10-2-6-14-42(38)49(41)35-27-19-31(20-28-35)17-23-33-25-26-34(46-45(33)47-51-48-46)24-18-32-21-29-36(30-22-32)50-43-15-7-3-11-39(43)40-12-4-8-16-44(40)50/h1-16,19-22,25-30H. The molecule has 7 aromatic carbocycles. The smallest absolute Gasteiger partial charge is 0.121 e. The number of aromatic nitrogens is 4. The number of nitrogens with zero attached hydrogens (tertiary/aromatic N) is 4. The van der Waals surface area contributed by atoms with Gasteiger partial charge < -0.3 is 9.13 Å². The van der Waals surface area contributed by atoms with Crippen molar-refractivity contribution in [3.63, 3.8) is 0 Å². The van der Waals surface area contributed by atoms with Crippen molar-refractivity contribution in [2.24, 2.45) is 0 Å². The lowest BCUT2D eigenvalue weighted by atomic mass is 10.1. The maximum Gasteiger partial charge on any atom is 0.121 e. The molecule has 0 saturated heterocycles. The van der Waals surface area contributed by atoms with Gasteiger partial charge in [-0.1, -0.05) is 96.5 Å². The number of hydrogen-bond acceptors (Lipinski definition) is 3. The van der Waals surface area contributed by atoms with Gasteiger partial charge in [-0.25, -0.2) is 0 Å². The maximum atomic E-state index is 4.60. The van der Waals surface area contributed by atoms with Gasteiger partial charge in [0.05, 0.1) is 44.9 Å². The second-order valence-electron chi connectivity index (χ2n) is 12.5. The minimum absolute atomic E-state index is 0.780. The third-order valence-corrected chi connectivity index (χ3v) is 10.0. The van der Waals surface area contributed by atoms with Crippen LogP contribution in [0.4, 0.5) is 0 Å². The molecule has 0 aliphatic carbocycles. The molecule has 0 radical (unpaired) electrons. The highest BCUT2D eigenvalue weighted by molar-refractivity contribution is 7.00. The summed E-state index contributed by atoms with van der Waals surface area (Å²) in [6.45, 7) is 0. The predicted molar refractivity (Wildman–Crippen MR) is 211 cm³/mol. The van der Waals surface area contributed by atoms with Crippen molar-refractivity contribution in [1.82, 2.24) is 17.9 Å². The first-order valence-corrected chi connectivity index (χ1v) is 17.5. The number of rotatable bonds is 2. The molecule has 0 unspecified atom stereocenters. The van der Waals surface area contributed by atoms with Crippen LogP contribution in [0.15, 0.2) is 158 Å². The van der Waals surface area contributed by atoms with E-state index in [0.29, 0.717) is 0 Å². The number of fused-ring (bicyclic) bond motifs is 7. The molecule has 0 aliphatic rings. The highest BCUT2D eigenvalue weighted by Crippen LogP contribution is 2.33. The van der Waals surface area contributed by atoms with E-state index in [4.69, 9.17) is 0 Å². The van der Waals surface area contributed by atoms with Gasteiger partial charge in [0, 0.05) is 44.0 Å². The van der Waals surface area contributed by atoms with E-state index < -0.39 is 0 Å². The molecule has 0 aliphatic heterocycles. The fourth-order valence-electron chi connectivity index (χ4n) is 7.14. The molecule has 0 saturated carbocycles. The Bertz CT molecular complexity index is 2770. The molecule has 4 nitrogen and oxygen atoms in total. The zero-order valence-electron chi connectivity index (χ0n) is 27.2. The monoisotopic (exact) mass is 666 g/mol. The van der Waals surface area contributed by atoms with Gasteiger partial charge in [-0.3, -0.25) is 0 Å². The normalized spacial score (nSPS) is 11.2. The van der Waals surface area contributed by atoms with Crippen LogP contribution in [-0.2, 0) is 0 Å². The van der Waals surface area contributed by atoms with E-state index in [2.05, 4.69) is 187 Å². The Balaban J connectivity index is 0.928. The van der Waals surface area contributed by atoms with Crippen LogP contribution in [0.5, 0.6) is 0 Å². The van der Waals surface area contributed by atoms with Gasteiger partial charge in [-0.15, -0.1) is 0 Å². The molecule has 236 valence electrons. The topological polar surface area (TPSA) is 35.6 Å². The van der Waals surface area contributed by atoms with Crippen LogP contribution in [0.25, 0.3) is 66.0 Å². The Morgan fingerprint density at radius 2 is 0.686 bits per heavy atom. The van der Waals surface area contributed by atoms with Crippen LogP contribution >= 0.6 is 11.7 Å². The molecule has 51 heavy (non-hydrogen) atoms. The van der Waals surface area contributed by atoms with Gasteiger partial charge in [-0.05, 0) is 84.9 Å². The summed E-state index contributed by atoms with van der Waals surface area (Å²) in [6.07, 6.45) is 0. The quantitative estimate of drug-likeness (QED) is 0.172. The molecule has 5 heteroatoms. The van der Waals surface area contributed by atoms with Gasteiger partial charge in [0.15, 0.2) is 0 Å². The molecule has 10 aromatic rings. The van der Waals surface area contributed by atoms with E-state index in [-0.39, 0.29) is 0 Å². The summed E-state index contributed by atoms with van der Waals surface area (Å²) in [5, 5.41) is 5.00.